The van der Waals surface area contributed by atoms with Crippen molar-refractivity contribution in [2.75, 3.05) is 6.54 Å². The van der Waals surface area contributed by atoms with Gasteiger partial charge in [0, 0.05) is 6.54 Å². The maximum Gasteiger partial charge on any atom is 0.0134 e. The van der Waals surface area contributed by atoms with E-state index in [1.807, 2.05) is 0 Å². The summed E-state index contributed by atoms with van der Waals surface area (Å²) in [5.41, 5.74) is 14.4. The maximum atomic E-state index is 5.63. The fraction of sp³-hybridized carbons (Fsp3) is 0.600. The van der Waals surface area contributed by atoms with Gasteiger partial charge in [-0.15, -0.1) is 0 Å². The molecule has 0 rings (SSSR count). The van der Waals surface area contributed by atoms with E-state index in [9.17, 15) is 0 Å². The van der Waals surface area contributed by atoms with E-state index in [0.29, 0.717) is 6.54 Å². The molecule has 0 amide bonds. The third-order valence-corrected chi connectivity index (χ3v) is 5.66. The van der Waals surface area contributed by atoms with Crippen molar-refractivity contribution in [2.24, 2.45) is 5.73 Å². The second kappa shape index (κ2) is 19.1. The van der Waals surface area contributed by atoms with Crippen LogP contribution in [0.3, 0.4) is 0 Å². The molecule has 0 unspecified atom stereocenters. The van der Waals surface area contributed by atoms with Crippen molar-refractivity contribution in [3.05, 3.63) is 69.9 Å². The highest BCUT2D eigenvalue weighted by Crippen LogP contribution is 2.14. The van der Waals surface area contributed by atoms with Crippen molar-refractivity contribution in [3.8, 4) is 0 Å². The molecule has 0 atom stereocenters. The molecule has 0 aliphatic carbocycles. The van der Waals surface area contributed by atoms with Gasteiger partial charge in [-0.3, -0.25) is 0 Å². The Labute approximate surface area is 195 Å². The van der Waals surface area contributed by atoms with E-state index in [0.717, 1.165) is 32.1 Å². The molecule has 0 aliphatic rings. The monoisotopic (exact) mass is 425 g/mol. The largest absolute Gasteiger partial charge is 0.327 e. The Kier molecular flexibility index (Phi) is 18.1. The Hall–Kier alpha value is -1.60. The summed E-state index contributed by atoms with van der Waals surface area (Å²) in [4.78, 5) is 0. The van der Waals surface area contributed by atoms with Crippen molar-refractivity contribution in [2.45, 2.75) is 113 Å². The van der Waals surface area contributed by atoms with Gasteiger partial charge >= 0.3 is 0 Å². The lowest BCUT2D eigenvalue weighted by atomic mass is 10.0. The topological polar surface area (TPSA) is 26.0 Å². The number of allylic oxidation sites excluding steroid dienone is 11. The Morgan fingerprint density at radius 1 is 0.419 bits per heavy atom. The first-order valence-electron chi connectivity index (χ1n) is 12.4. The first kappa shape index (κ1) is 29.4. The van der Waals surface area contributed by atoms with Crippen LogP contribution in [0.15, 0.2) is 69.9 Å². The van der Waals surface area contributed by atoms with Crippen LogP contribution in [0.5, 0.6) is 0 Å². The smallest absolute Gasteiger partial charge is 0.0134 e. The van der Waals surface area contributed by atoms with E-state index in [2.05, 4.69) is 84.9 Å². The Morgan fingerprint density at radius 2 is 0.710 bits per heavy atom. The normalized spacial score (nSPS) is 14.3. The molecule has 1 nitrogen and oxygen atoms in total. The van der Waals surface area contributed by atoms with Crippen LogP contribution in [-0.2, 0) is 0 Å². The van der Waals surface area contributed by atoms with Gasteiger partial charge in [0.15, 0.2) is 0 Å². The van der Waals surface area contributed by atoms with Crippen molar-refractivity contribution in [1.82, 2.24) is 0 Å². The molecule has 0 bridgehead atoms. The predicted octanol–water partition coefficient (Wildman–Crippen LogP) is 9.54. The molecule has 0 aliphatic heterocycles. The maximum absolute atomic E-state index is 5.63. The molecule has 0 spiro atoms. The second-order valence-corrected chi connectivity index (χ2v) is 9.47. The van der Waals surface area contributed by atoms with Gasteiger partial charge in [0.05, 0.1) is 0 Å². The molecule has 0 aromatic carbocycles. The molecule has 2 N–H and O–H groups in total. The minimum atomic E-state index is 0.676. The Bertz CT molecular complexity index is 661. The summed E-state index contributed by atoms with van der Waals surface area (Å²) < 4.78 is 0. The fourth-order valence-electron chi connectivity index (χ4n) is 3.38. The molecular weight excluding hydrogens is 374 g/mol. The molecule has 0 heterocycles. The van der Waals surface area contributed by atoms with Crippen LogP contribution in [0.25, 0.3) is 0 Å². The molecule has 0 aromatic rings. The SMILES string of the molecule is CC(C)=CCC/C(C)=C/CC/C(C)=C/CC/C=C(\C)CC/C=C(/C)CC/C=C(\C)CN. The molecule has 0 aromatic heterocycles. The summed E-state index contributed by atoms with van der Waals surface area (Å²) in [6.45, 7) is 16.2. The number of hydrogen-bond acceptors (Lipinski definition) is 1. The first-order valence-corrected chi connectivity index (χ1v) is 12.4. The van der Waals surface area contributed by atoms with Gasteiger partial charge in [-0.05, 0) is 113 Å². The summed E-state index contributed by atoms with van der Waals surface area (Å²) in [5, 5.41) is 0. The van der Waals surface area contributed by atoms with Gasteiger partial charge in [0.1, 0.15) is 0 Å². The van der Waals surface area contributed by atoms with E-state index < -0.39 is 0 Å². The average molecular weight is 426 g/mol. The fourth-order valence-corrected chi connectivity index (χ4v) is 3.38. The molecule has 0 saturated carbocycles. The molecule has 0 saturated heterocycles. The zero-order valence-corrected chi connectivity index (χ0v) is 21.8. The zero-order valence-electron chi connectivity index (χ0n) is 21.8. The summed E-state index contributed by atoms with van der Waals surface area (Å²) in [6.07, 6.45) is 25.9. The summed E-state index contributed by atoms with van der Waals surface area (Å²) >= 11 is 0. The highest BCUT2D eigenvalue weighted by Gasteiger charge is 1.94. The van der Waals surface area contributed by atoms with Crippen LogP contribution in [0, 0.1) is 0 Å². The molecular formula is C30H51N. The molecule has 0 fully saturated rings. The van der Waals surface area contributed by atoms with Gasteiger partial charge in [0.2, 0.25) is 0 Å². The van der Waals surface area contributed by atoms with E-state index in [-0.39, 0.29) is 0 Å². The van der Waals surface area contributed by atoms with Gasteiger partial charge in [-0.25, -0.2) is 0 Å². The minimum absolute atomic E-state index is 0.676. The second-order valence-electron chi connectivity index (χ2n) is 9.47. The Morgan fingerprint density at radius 3 is 1.03 bits per heavy atom. The molecule has 176 valence electrons. The van der Waals surface area contributed by atoms with Gasteiger partial charge in [-0.2, -0.15) is 0 Å². The van der Waals surface area contributed by atoms with Crippen LogP contribution in [-0.4, -0.2) is 6.54 Å². The zero-order chi connectivity index (χ0) is 23.5. The number of nitrogens with two attached hydrogens (primary N) is 1. The van der Waals surface area contributed by atoms with Gasteiger partial charge in [0.25, 0.3) is 0 Å². The molecule has 1 heteroatoms. The summed E-state index contributed by atoms with van der Waals surface area (Å²) in [7, 11) is 0. The van der Waals surface area contributed by atoms with Crippen molar-refractivity contribution in [3.63, 3.8) is 0 Å². The number of unbranched alkanes of at least 4 members (excludes halogenated alkanes) is 1. The third kappa shape index (κ3) is 20.1. The summed E-state index contributed by atoms with van der Waals surface area (Å²) in [6, 6.07) is 0. The van der Waals surface area contributed by atoms with Gasteiger partial charge in [-0.1, -0.05) is 69.9 Å². The lowest BCUT2D eigenvalue weighted by Gasteiger charge is -2.03. The highest BCUT2D eigenvalue weighted by atomic mass is 14.5. The van der Waals surface area contributed by atoms with Crippen LogP contribution in [0.1, 0.15) is 113 Å². The Balaban J connectivity index is 4.07. The quantitative estimate of drug-likeness (QED) is 0.193. The average Bonchev–Trinajstić information content (AvgIpc) is 2.70. The van der Waals surface area contributed by atoms with E-state index in [1.165, 1.54) is 65.5 Å². The van der Waals surface area contributed by atoms with E-state index >= 15 is 0 Å². The first-order chi connectivity index (χ1) is 14.7. The third-order valence-electron chi connectivity index (χ3n) is 5.66. The molecule has 0 radical (unpaired) electrons. The van der Waals surface area contributed by atoms with Crippen molar-refractivity contribution < 1.29 is 0 Å². The summed E-state index contributed by atoms with van der Waals surface area (Å²) in [5.74, 6) is 0. The highest BCUT2D eigenvalue weighted by molar-refractivity contribution is 5.08. The van der Waals surface area contributed by atoms with Crippen LogP contribution in [0.2, 0.25) is 0 Å². The minimum Gasteiger partial charge on any atom is -0.327 e. The number of hydrogen-bond donors (Lipinski definition) is 1. The lowest BCUT2D eigenvalue weighted by Crippen LogP contribution is -1.99. The number of rotatable bonds is 16. The lowest BCUT2D eigenvalue weighted by molar-refractivity contribution is 0.895. The van der Waals surface area contributed by atoms with Crippen molar-refractivity contribution >= 4 is 0 Å². The van der Waals surface area contributed by atoms with Gasteiger partial charge < -0.3 is 5.73 Å². The standard InChI is InChI=1S/C30H51N/c1-25(2)14-10-17-28(5)20-11-18-26(3)15-8-9-16-27(4)19-12-21-29(6)22-13-23-30(7)24-31/h14-16,20-21,23H,8-13,17-19,22,24,31H2,1-7H3/b26-15+,27-16+,28-20+,29-21-,30-23+. The van der Waals surface area contributed by atoms with E-state index in [4.69, 9.17) is 5.73 Å². The van der Waals surface area contributed by atoms with E-state index in [1.54, 1.807) is 0 Å². The van der Waals surface area contributed by atoms with Crippen LogP contribution >= 0.6 is 0 Å². The van der Waals surface area contributed by atoms with Crippen molar-refractivity contribution in [1.29, 1.82) is 0 Å². The van der Waals surface area contributed by atoms with Crippen LogP contribution in [0.4, 0.5) is 0 Å². The predicted molar refractivity (Wildman–Crippen MR) is 143 cm³/mol. The molecule has 31 heavy (non-hydrogen) atoms. The van der Waals surface area contributed by atoms with Crippen LogP contribution < -0.4 is 5.73 Å².